The molecule has 1 fully saturated rings. The van der Waals surface area contributed by atoms with E-state index in [1.165, 1.54) is 0 Å². The number of benzene rings is 1. The zero-order valence-corrected chi connectivity index (χ0v) is 12.1. The maximum Gasteiger partial charge on any atom is 0.126 e. The standard InChI is InChI=1S/C15H24FN3/c1-4-18-5-7-19(8-6-18)15-9-11(2)14(16)10-13(15)12(3)17/h9-10,12H,4-8,17H2,1-3H3/t12-/m1/s1. The second-order valence-electron chi connectivity index (χ2n) is 5.37. The van der Waals surface area contributed by atoms with Crippen molar-refractivity contribution >= 4 is 5.69 Å². The first-order valence-electron chi connectivity index (χ1n) is 7.05. The third kappa shape index (κ3) is 3.07. The minimum atomic E-state index is -0.164. The van der Waals surface area contributed by atoms with Crippen LogP contribution in [0.15, 0.2) is 12.1 Å². The maximum absolute atomic E-state index is 13.7. The molecule has 1 saturated heterocycles. The van der Waals surface area contributed by atoms with E-state index in [-0.39, 0.29) is 11.9 Å². The van der Waals surface area contributed by atoms with Crippen LogP contribution in [-0.4, -0.2) is 37.6 Å². The van der Waals surface area contributed by atoms with E-state index < -0.39 is 0 Å². The summed E-state index contributed by atoms with van der Waals surface area (Å²) in [5.41, 5.74) is 8.69. The molecule has 0 spiro atoms. The fourth-order valence-electron chi connectivity index (χ4n) is 2.63. The van der Waals surface area contributed by atoms with Gasteiger partial charge in [0.15, 0.2) is 0 Å². The zero-order chi connectivity index (χ0) is 14.0. The molecule has 106 valence electrons. The Hall–Kier alpha value is -1.13. The molecule has 1 aliphatic rings. The number of hydrogen-bond donors (Lipinski definition) is 1. The smallest absolute Gasteiger partial charge is 0.126 e. The number of nitrogens with two attached hydrogens (primary N) is 1. The van der Waals surface area contributed by atoms with Crippen molar-refractivity contribution in [2.75, 3.05) is 37.6 Å². The van der Waals surface area contributed by atoms with E-state index in [0.29, 0.717) is 5.56 Å². The van der Waals surface area contributed by atoms with Crippen molar-refractivity contribution in [3.63, 3.8) is 0 Å². The van der Waals surface area contributed by atoms with Crippen LogP contribution in [0.5, 0.6) is 0 Å². The number of nitrogens with zero attached hydrogens (tertiary/aromatic N) is 2. The molecule has 1 aromatic carbocycles. The molecule has 0 amide bonds. The van der Waals surface area contributed by atoms with Gasteiger partial charge in [-0.1, -0.05) is 6.92 Å². The number of hydrogen-bond acceptors (Lipinski definition) is 3. The topological polar surface area (TPSA) is 32.5 Å². The molecule has 19 heavy (non-hydrogen) atoms. The van der Waals surface area contributed by atoms with Crippen molar-refractivity contribution in [1.82, 2.24) is 4.90 Å². The van der Waals surface area contributed by atoms with Gasteiger partial charge in [0.25, 0.3) is 0 Å². The van der Waals surface area contributed by atoms with Gasteiger partial charge in [0, 0.05) is 37.9 Å². The van der Waals surface area contributed by atoms with Crippen LogP contribution in [0.1, 0.15) is 31.0 Å². The molecule has 0 unspecified atom stereocenters. The molecule has 3 nitrogen and oxygen atoms in total. The van der Waals surface area contributed by atoms with Crippen LogP contribution in [0, 0.1) is 12.7 Å². The maximum atomic E-state index is 13.7. The Bertz CT molecular complexity index is 437. The van der Waals surface area contributed by atoms with Crippen molar-refractivity contribution in [3.8, 4) is 0 Å². The van der Waals surface area contributed by atoms with Crippen molar-refractivity contribution < 1.29 is 4.39 Å². The van der Waals surface area contributed by atoms with Crippen LogP contribution in [0.25, 0.3) is 0 Å². The van der Waals surface area contributed by atoms with Crippen LogP contribution < -0.4 is 10.6 Å². The van der Waals surface area contributed by atoms with Crippen molar-refractivity contribution in [3.05, 3.63) is 29.1 Å². The highest BCUT2D eigenvalue weighted by Crippen LogP contribution is 2.29. The van der Waals surface area contributed by atoms with Gasteiger partial charge < -0.3 is 15.5 Å². The van der Waals surface area contributed by atoms with Crippen LogP contribution in [0.3, 0.4) is 0 Å². The van der Waals surface area contributed by atoms with Crippen molar-refractivity contribution in [2.45, 2.75) is 26.8 Å². The molecule has 1 aromatic rings. The second-order valence-corrected chi connectivity index (χ2v) is 5.37. The van der Waals surface area contributed by atoms with Gasteiger partial charge in [0.05, 0.1) is 0 Å². The fraction of sp³-hybridized carbons (Fsp3) is 0.600. The van der Waals surface area contributed by atoms with Crippen LogP contribution in [-0.2, 0) is 0 Å². The summed E-state index contributed by atoms with van der Waals surface area (Å²) in [6, 6.07) is 3.39. The highest BCUT2D eigenvalue weighted by Gasteiger charge is 2.20. The average molecular weight is 265 g/mol. The summed E-state index contributed by atoms with van der Waals surface area (Å²) >= 11 is 0. The van der Waals surface area contributed by atoms with Crippen LogP contribution in [0.4, 0.5) is 10.1 Å². The van der Waals surface area contributed by atoms with Gasteiger partial charge in [-0.2, -0.15) is 0 Å². The molecule has 2 rings (SSSR count). The molecule has 1 heterocycles. The van der Waals surface area contributed by atoms with Gasteiger partial charge in [0.2, 0.25) is 0 Å². The number of rotatable bonds is 3. The predicted molar refractivity (Wildman–Crippen MR) is 78.1 cm³/mol. The van der Waals surface area contributed by atoms with Crippen molar-refractivity contribution in [2.24, 2.45) is 5.73 Å². The van der Waals surface area contributed by atoms with Crippen LogP contribution >= 0.6 is 0 Å². The van der Waals surface area contributed by atoms with Gasteiger partial charge in [-0.15, -0.1) is 0 Å². The van der Waals surface area contributed by atoms with E-state index in [1.807, 2.05) is 19.9 Å². The molecular formula is C15H24FN3. The van der Waals surface area contributed by atoms with Crippen LogP contribution in [0.2, 0.25) is 0 Å². The first-order chi connectivity index (χ1) is 9.02. The SMILES string of the molecule is CCN1CCN(c2cc(C)c(F)cc2[C@@H](C)N)CC1. The largest absolute Gasteiger partial charge is 0.369 e. The minimum absolute atomic E-state index is 0.144. The fourth-order valence-corrected chi connectivity index (χ4v) is 2.63. The molecule has 2 N–H and O–H groups in total. The molecule has 1 atom stereocenters. The summed E-state index contributed by atoms with van der Waals surface area (Å²) in [5, 5.41) is 0. The number of piperazine rings is 1. The molecule has 0 aromatic heterocycles. The van der Waals surface area contributed by atoms with E-state index in [2.05, 4.69) is 16.7 Å². The van der Waals surface area contributed by atoms with E-state index in [9.17, 15) is 4.39 Å². The van der Waals surface area contributed by atoms with E-state index in [0.717, 1.165) is 44.0 Å². The quantitative estimate of drug-likeness (QED) is 0.910. The Morgan fingerprint density at radius 3 is 2.42 bits per heavy atom. The lowest BCUT2D eigenvalue weighted by molar-refractivity contribution is 0.271. The van der Waals surface area contributed by atoms with E-state index in [4.69, 9.17) is 5.73 Å². The third-order valence-electron chi connectivity index (χ3n) is 3.96. The Morgan fingerprint density at radius 2 is 1.89 bits per heavy atom. The Kier molecular flexibility index (Phi) is 4.42. The van der Waals surface area contributed by atoms with E-state index in [1.54, 1.807) is 6.07 Å². The first-order valence-corrected chi connectivity index (χ1v) is 7.05. The third-order valence-corrected chi connectivity index (χ3v) is 3.96. The Morgan fingerprint density at radius 1 is 1.26 bits per heavy atom. The summed E-state index contributed by atoms with van der Waals surface area (Å²) in [6.07, 6.45) is 0. The molecule has 0 saturated carbocycles. The lowest BCUT2D eigenvalue weighted by Crippen LogP contribution is -2.46. The average Bonchev–Trinajstić information content (AvgIpc) is 2.41. The lowest BCUT2D eigenvalue weighted by Gasteiger charge is -2.37. The minimum Gasteiger partial charge on any atom is -0.369 e. The molecule has 1 aliphatic heterocycles. The highest BCUT2D eigenvalue weighted by molar-refractivity contribution is 5.57. The van der Waals surface area contributed by atoms with Gasteiger partial charge in [0.1, 0.15) is 5.82 Å². The highest BCUT2D eigenvalue weighted by atomic mass is 19.1. The van der Waals surface area contributed by atoms with Gasteiger partial charge >= 0.3 is 0 Å². The van der Waals surface area contributed by atoms with Crippen molar-refractivity contribution in [1.29, 1.82) is 0 Å². The summed E-state index contributed by atoms with van der Waals surface area (Å²) in [4.78, 5) is 4.76. The number of likely N-dealkylation sites (N-methyl/N-ethyl adjacent to an activating group) is 1. The summed E-state index contributed by atoms with van der Waals surface area (Å²) < 4.78 is 13.7. The summed E-state index contributed by atoms with van der Waals surface area (Å²) in [5.74, 6) is -0.164. The van der Waals surface area contributed by atoms with E-state index >= 15 is 0 Å². The van der Waals surface area contributed by atoms with Gasteiger partial charge in [-0.05, 0) is 43.7 Å². The summed E-state index contributed by atoms with van der Waals surface area (Å²) in [7, 11) is 0. The lowest BCUT2D eigenvalue weighted by atomic mass is 10.0. The number of halogens is 1. The Balaban J connectivity index is 2.26. The molecule has 0 aliphatic carbocycles. The zero-order valence-electron chi connectivity index (χ0n) is 12.1. The molecule has 0 radical (unpaired) electrons. The predicted octanol–water partition coefficient (Wildman–Crippen LogP) is 2.30. The summed E-state index contributed by atoms with van der Waals surface area (Å²) in [6.45, 7) is 11.1. The number of anilines is 1. The Labute approximate surface area is 115 Å². The second kappa shape index (κ2) is 5.88. The monoisotopic (exact) mass is 265 g/mol. The van der Waals surface area contributed by atoms with Gasteiger partial charge in [-0.25, -0.2) is 4.39 Å². The normalized spacial score (nSPS) is 18.7. The molecule has 0 bridgehead atoms. The first kappa shape index (κ1) is 14.3. The molecule has 4 heteroatoms. The molecular weight excluding hydrogens is 241 g/mol. The number of aryl methyl sites for hydroxylation is 1. The van der Waals surface area contributed by atoms with Gasteiger partial charge in [-0.3, -0.25) is 0 Å².